The van der Waals surface area contributed by atoms with Crippen molar-refractivity contribution in [3.8, 4) is 0 Å². The Hall–Kier alpha value is -1.39. The molecule has 4 nitrogen and oxygen atoms in total. The number of ether oxygens (including phenoxy) is 1. The minimum atomic E-state index is -0.542. The van der Waals surface area contributed by atoms with Crippen LogP contribution in [0.1, 0.15) is 36.9 Å². The smallest absolute Gasteiger partial charge is 0.249 e. The van der Waals surface area contributed by atoms with Crippen LogP contribution < -0.4 is 5.32 Å². The molecule has 0 aromatic heterocycles. The summed E-state index contributed by atoms with van der Waals surface area (Å²) in [5.41, 5.74) is 2.13. The van der Waals surface area contributed by atoms with Crippen LogP contribution in [-0.2, 0) is 16.0 Å². The van der Waals surface area contributed by atoms with Gasteiger partial charge in [-0.3, -0.25) is 4.79 Å². The first kappa shape index (κ1) is 12.6. The fourth-order valence-corrected chi connectivity index (χ4v) is 2.99. The Bertz CT molecular complexity index is 488. The molecule has 2 unspecified atom stereocenters. The molecule has 1 saturated heterocycles. The number of aliphatic hydroxyl groups excluding tert-OH is 1. The molecule has 1 heterocycles. The molecule has 0 radical (unpaired) electrons. The maximum atomic E-state index is 12.2. The average molecular weight is 261 g/mol. The molecule has 2 N–H and O–H groups in total. The van der Waals surface area contributed by atoms with Gasteiger partial charge in [0, 0.05) is 6.42 Å². The lowest BCUT2D eigenvalue weighted by Gasteiger charge is -2.20. The van der Waals surface area contributed by atoms with Crippen molar-refractivity contribution in [1.82, 2.24) is 5.32 Å². The fourth-order valence-electron chi connectivity index (χ4n) is 2.99. The first-order chi connectivity index (χ1) is 9.15. The molecule has 1 aromatic rings. The van der Waals surface area contributed by atoms with Gasteiger partial charge in [-0.1, -0.05) is 24.3 Å². The number of aliphatic hydroxyl groups is 1. The highest BCUT2D eigenvalue weighted by atomic mass is 16.5. The first-order valence-electron chi connectivity index (χ1n) is 6.87. The van der Waals surface area contributed by atoms with Gasteiger partial charge in [0.05, 0.1) is 18.2 Å². The van der Waals surface area contributed by atoms with E-state index in [1.165, 1.54) is 0 Å². The van der Waals surface area contributed by atoms with Gasteiger partial charge >= 0.3 is 0 Å². The average Bonchev–Trinajstić information content (AvgIpc) is 2.95. The summed E-state index contributed by atoms with van der Waals surface area (Å²) < 4.78 is 5.56. The van der Waals surface area contributed by atoms with Gasteiger partial charge in [-0.05, 0) is 30.9 Å². The number of rotatable bonds is 2. The summed E-state index contributed by atoms with van der Waals surface area (Å²) in [7, 11) is 0. The third kappa shape index (κ3) is 2.38. The molecule has 1 aromatic carbocycles. The lowest BCUT2D eigenvalue weighted by Crippen LogP contribution is -2.40. The predicted molar refractivity (Wildman–Crippen MR) is 70.6 cm³/mol. The van der Waals surface area contributed by atoms with Crippen LogP contribution in [0.15, 0.2) is 24.3 Å². The molecule has 0 bridgehead atoms. The monoisotopic (exact) mass is 261 g/mol. The molecular formula is C15H19NO3. The van der Waals surface area contributed by atoms with Crippen molar-refractivity contribution in [2.24, 2.45) is 0 Å². The van der Waals surface area contributed by atoms with Crippen LogP contribution >= 0.6 is 0 Å². The summed E-state index contributed by atoms with van der Waals surface area (Å²) in [6.07, 6.45) is 1.52. The van der Waals surface area contributed by atoms with E-state index < -0.39 is 6.10 Å². The molecule has 1 aliphatic carbocycles. The Morgan fingerprint density at radius 1 is 1.37 bits per heavy atom. The van der Waals surface area contributed by atoms with Crippen LogP contribution in [0.4, 0.5) is 0 Å². The van der Waals surface area contributed by atoms with Crippen LogP contribution in [-0.4, -0.2) is 29.3 Å². The highest BCUT2D eigenvalue weighted by Gasteiger charge is 2.35. The number of hydrogen-bond acceptors (Lipinski definition) is 3. The van der Waals surface area contributed by atoms with Gasteiger partial charge in [-0.2, -0.15) is 0 Å². The predicted octanol–water partition coefficient (Wildman–Crippen LogP) is 1.33. The second-order valence-corrected chi connectivity index (χ2v) is 5.47. The second kappa shape index (κ2) is 4.94. The van der Waals surface area contributed by atoms with E-state index in [4.69, 9.17) is 4.74 Å². The zero-order chi connectivity index (χ0) is 13.4. The van der Waals surface area contributed by atoms with Crippen LogP contribution in [0.2, 0.25) is 0 Å². The number of benzene rings is 1. The highest BCUT2D eigenvalue weighted by molar-refractivity contribution is 5.81. The van der Waals surface area contributed by atoms with E-state index in [-0.39, 0.29) is 24.2 Å². The minimum absolute atomic E-state index is 0.106. The van der Waals surface area contributed by atoms with Crippen molar-refractivity contribution in [1.29, 1.82) is 0 Å². The maximum Gasteiger partial charge on any atom is 0.249 e. The molecular weight excluding hydrogens is 242 g/mol. The fraction of sp³-hybridized carbons (Fsp3) is 0.533. The van der Waals surface area contributed by atoms with Crippen molar-refractivity contribution < 1.29 is 14.6 Å². The third-order valence-electron chi connectivity index (χ3n) is 4.03. The standard InChI is InChI=1S/C15H19NO3/c1-9-6-7-13(19-9)15(18)16-14-11-5-3-2-4-10(11)8-12(14)17/h2-5,9,12-14,17H,6-8H2,1H3,(H,16,18)/t9?,12-,13?,14+/m1/s1. The molecule has 4 atom stereocenters. The minimum Gasteiger partial charge on any atom is -0.390 e. The molecule has 1 fully saturated rings. The maximum absolute atomic E-state index is 12.2. The second-order valence-electron chi connectivity index (χ2n) is 5.47. The summed E-state index contributed by atoms with van der Waals surface area (Å²) in [6.45, 7) is 1.98. The number of fused-ring (bicyclic) bond motifs is 1. The zero-order valence-corrected chi connectivity index (χ0v) is 11.0. The number of hydrogen-bond donors (Lipinski definition) is 2. The Balaban J connectivity index is 1.71. The lowest BCUT2D eigenvalue weighted by atomic mass is 10.1. The van der Waals surface area contributed by atoms with Gasteiger partial charge in [0.25, 0.3) is 0 Å². The van der Waals surface area contributed by atoms with Crippen LogP contribution in [0.3, 0.4) is 0 Å². The number of nitrogens with one attached hydrogen (secondary N) is 1. The largest absolute Gasteiger partial charge is 0.390 e. The van der Waals surface area contributed by atoms with Gasteiger partial charge in [0.2, 0.25) is 5.91 Å². The van der Waals surface area contributed by atoms with Gasteiger partial charge in [-0.25, -0.2) is 0 Å². The molecule has 19 heavy (non-hydrogen) atoms. The van der Waals surface area contributed by atoms with Crippen molar-refractivity contribution in [2.75, 3.05) is 0 Å². The normalized spacial score (nSPS) is 33.2. The molecule has 1 aliphatic heterocycles. The van der Waals surface area contributed by atoms with Crippen LogP contribution in [0, 0.1) is 0 Å². The Kier molecular flexibility index (Phi) is 3.29. The highest BCUT2D eigenvalue weighted by Crippen LogP contribution is 2.31. The topological polar surface area (TPSA) is 58.6 Å². The summed E-state index contributed by atoms with van der Waals surface area (Å²) in [6, 6.07) is 7.55. The van der Waals surface area contributed by atoms with Crippen molar-refractivity contribution >= 4 is 5.91 Å². The van der Waals surface area contributed by atoms with E-state index in [1.807, 2.05) is 31.2 Å². The summed E-state index contributed by atoms with van der Waals surface area (Å²) in [5.74, 6) is -0.106. The molecule has 1 amide bonds. The van der Waals surface area contributed by atoms with Gasteiger partial charge in [-0.15, -0.1) is 0 Å². The van der Waals surface area contributed by atoms with E-state index in [0.29, 0.717) is 6.42 Å². The van der Waals surface area contributed by atoms with Gasteiger partial charge < -0.3 is 15.2 Å². The van der Waals surface area contributed by atoms with Gasteiger partial charge in [0.1, 0.15) is 6.10 Å². The molecule has 4 heteroatoms. The molecule has 0 saturated carbocycles. The molecule has 2 aliphatic rings. The SMILES string of the molecule is CC1CCC(C(=O)N[C@H]2c3ccccc3C[C@H]2O)O1. The Morgan fingerprint density at radius 3 is 2.89 bits per heavy atom. The summed E-state index contributed by atoms with van der Waals surface area (Å²) >= 11 is 0. The molecule has 102 valence electrons. The number of carbonyl (C=O) groups is 1. The van der Waals surface area contributed by atoms with Crippen molar-refractivity contribution in [3.63, 3.8) is 0 Å². The number of carbonyl (C=O) groups excluding carboxylic acids is 1. The van der Waals surface area contributed by atoms with Gasteiger partial charge in [0.15, 0.2) is 0 Å². The zero-order valence-electron chi connectivity index (χ0n) is 11.0. The Morgan fingerprint density at radius 2 is 2.16 bits per heavy atom. The van der Waals surface area contributed by atoms with Crippen molar-refractivity contribution in [2.45, 2.75) is 50.5 Å². The summed E-state index contributed by atoms with van der Waals surface area (Å²) in [4.78, 5) is 12.2. The van der Waals surface area contributed by atoms with E-state index >= 15 is 0 Å². The lowest BCUT2D eigenvalue weighted by molar-refractivity contribution is -0.133. The summed E-state index contributed by atoms with van der Waals surface area (Å²) in [5, 5.41) is 13.0. The van der Waals surface area contributed by atoms with Crippen LogP contribution in [0.25, 0.3) is 0 Å². The Labute approximate surface area is 112 Å². The number of amides is 1. The quantitative estimate of drug-likeness (QED) is 0.844. The van der Waals surface area contributed by atoms with E-state index in [2.05, 4.69) is 5.32 Å². The first-order valence-corrected chi connectivity index (χ1v) is 6.87. The molecule has 0 spiro atoms. The molecule has 3 rings (SSSR count). The van der Waals surface area contributed by atoms with Crippen LogP contribution in [0.5, 0.6) is 0 Å². The van der Waals surface area contributed by atoms with E-state index in [1.54, 1.807) is 0 Å². The third-order valence-corrected chi connectivity index (χ3v) is 4.03. The van der Waals surface area contributed by atoms with E-state index in [9.17, 15) is 9.90 Å². The van der Waals surface area contributed by atoms with Crippen molar-refractivity contribution in [3.05, 3.63) is 35.4 Å². The van der Waals surface area contributed by atoms with E-state index in [0.717, 1.165) is 24.0 Å².